The topological polar surface area (TPSA) is 114 Å². The molecule has 1 aliphatic heterocycles. The van der Waals surface area contributed by atoms with E-state index in [0.717, 1.165) is 34.3 Å². The number of ketones is 1. The Morgan fingerprint density at radius 2 is 1.84 bits per heavy atom. The number of nitrogens with one attached hydrogen (secondary N) is 3. The van der Waals surface area contributed by atoms with Crippen molar-refractivity contribution in [3.63, 3.8) is 0 Å². The number of hydrogen-bond acceptors (Lipinski definition) is 6. The lowest BCUT2D eigenvalue weighted by atomic mass is 10.1. The number of para-hydroxylation sites is 1. The lowest BCUT2D eigenvalue weighted by molar-refractivity contribution is -0.124. The van der Waals surface area contributed by atoms with Gasteiger partial charge in [-0.05, 0) is 26.3 Å². The van der Waals surface area contributed by atoms with E-state index in [0.29, 0.717) is 57.3 Å². The molecule has 3 N–H and O–H groups in total. The summed E-state index contributed by atoms with van der Waals surface area (Å²) in [6, 6.07) is 7.99. The van der Waals surface area contributed by atoms with Crippen LogP contribution in [0.4, 0.5) is 0 Å². The molecule has 200 valence electrons. The molecule has 10 heteroatoms. The Morgan fingerprint density at radius 1 is 1.16 bits per heavy atom. The maximum atomic E-state index is 13.3. The van der Waals surface area contributed by atoms with Gasteiger partial charge in [-0.15, -0.1) is 0 Å². The number of imide groups is 1. The summed E-state index contributed by atoms with van der Waals surface area (Å²) >= 11 is 0. The summed E-state index contributed by atoms with van der Waals surface area (Å²) < 4.78 is 2.07. The van der Waals surface area contributed by atoms with Gasteiger partial charge in [-0.1, -0.05) is 25.1 Å². The fraction of sp³-hybridized carbons (Fsp3) is 0.481. The van der Waals surface area contributed by atoms with Gasteiger partial charge in [0.15, 0.2) is 11.7 Å². The number of nitrogens with zero attached hydrogens (tertiary/aromatic N) is 4. The van der Waals surface area contributed by atoms with Crippen molar-refractivity contribution in [3.05, 3.63) is 46.9 Å². The first-order valence-corrected chi connectivity index (χ1v) is 12.7. The highest BCUT2D eigenvalue weighted by atomic mass is 16.2. The van der Waals surface area contributed by atoms with Crippen LogP contribution in [0.3, 0.4) is 0 Å². The van der Waals surface area contributed by atoms with E-state index < -0.39 is 5.91 Å². The number of Topliss-reactive ketones (excluding diaryl/α,β-unsaturated/α-hetero) is 1. The van der Waals surface area contributed by atoms with Crippen LogP contribution in [0.25, 0.3) is 10.9 Å². The Labute approximate surface area is 218 Å². The molecule has 1 aromatic heterocycles. The minimum Gasteiger partial charge on any atom is -0.390 e. The van der Waals surface area contributed by atoms with Crippen LogP contribution in [-0.2, 0) is 16.6 Å². The molecule has 37 heavy (non-hydrogen) atoms. The number of benzene rings is 1. The fourth-order valence-corrected chi connectivity index (χ4v) is 4.88. The summed E-state index contributed by atoms with van der Waals surface area (Å²) in [5.41, 5.74) is 4.25. The van der Waals surface area contributed by atoms with Crippen molar-refractivity contribution < 1.29 is 14.4 Å². The van der Waals surface area contributed by atoms with Gasteiger partial charge in [-0.2, -0.15) is 0 Å². The van der Waals surface area contributed by atoms with Crippen LogP contribution in [0.15, 0.2) is 35.7 Å². The molecule has 1 aromatic carbocycles. The largest absolute Gasteiger partial charge is 0.390 e. The highest BCUT2D eigenvalue weighted by Crippen LogP contribution is 2.25. The van der Waals surface area contributed by atoms with Crippen molar-refractivity contribution >= 4 is 35.0 Å². The van der Waals surface area contributed by atoms with Crippen LogP contribution in [-0.4, -0.2) is 89.6 Å². The maximum absolute atomic E-state index is 13.3. The number of aromatic nitrogens is 1. The lowest BCUT2D eigenvalue weighted by Crippen LogP contribution is -2.54. The van der Waals surface area contributed by atoms with Gasteiger partial charge in [0.05, 0.1) is 13.0 Å². The minimum atomic E-state index is -0.416. The van der Waals surface area contributed by atoms with Crippen molar-refractivity contribution in [2.75, 3.05) is 46.3 Å². The Hall–Kier alpha value is -3.66. The van der Waals surface area contributed by atoms with E-state index in [2.05, 4.69) is 20.1 Å². The Balaban J connectivity index is 1.69. The van der Waals surface area contributed by atoms with Crippen molar-refractivity contribution in [3.8, 4) is 0 Å². The van der Waals surface area contributed by atoms with Crippen LogP contribution >= 0.6 is 0 Å². The Kier molecular flexibility index (Phi) is 9.46. The molecule has 0 aliphatic carbocycles. The van der Waals surface area contributed by atoms with E-state index in [-0.39, 0.29) is 12.2 Å². The van der Waals surface area contributed by atoms with Crippen molar-refractivity contribution in [2.24, 2.45) is 7.05 Å². The second-order valence-electron chi connectivity index (χ2n) is 9.38. The number of rotatable bonds is 10. The van der Waals surface area contributed by atoms with Gasteiger partial charge in [-0.3, -0.25) is 30.0 Å². The quantitative estimate of drug-likeness (QED) is 0.194. The molecule has 2 amide bonds. The molecule has 0 spiro atoms. The lowest BCUT2D eigenvalue weighted by Gasteiger charge is -2.40. The number of carbonyl (C=O) groups excluding carboxylic acids is 3. The van der Waals surface area contributed by atoms with Gasteiger partial charge in [0, 0.05) is 80.4 Å². The third kappa shape index (κ3) is 6.19. The first-order valence-electron chi connectivity index (χ1n) is 12.7. The molecule has 1 fully saturated rings. The van der Waals surface area contributed by atoms with E-state index in [1.807, 2.05) is 61.9 Å². The van der Waals surface area contributed by atoms with Gasteiger partial charge in [0.2, 0.25) is 12.3 Å². The molecule has 1 aliphatic rings. The minimum absolute atomic E-state index is 0.00730. The van der Waals surface area contributed by atoms with E-state index >= 15 is 0 Å². The SMILES string of the molecule is CCCN(C(=N)N1CCN(CC(=O)c2c(C)n(C)c3ccccc23)CC1)/C(CC(=O)NC=O)=C(\C)NC. The predicted molar refractivity (Wildman–Crippen MR) is 145 cm³/mol. The third-order valence-electron chi connectivity index (χ3n) is 7.10. The molecule has 0 bridgehead atoms. The van der Waals surface area contributed by atoms with E-state index in [1.54, 1.807) is 7.05 Å². The molecule has 1 saturated heterocycles. The molecule has 0 saturated carbocycles. The molecule has 0 unspecified atom stereocenters. The van der Waals surface area contributed by atoms with Crippen LogP contribution in [0, 0.1) is 12.3 Å². The monoisotopic (exact) mass is 509 g/mol. The highest BCUT2D eigenvalue weighted by Gasteiger charge is 2.28. The first-order chi connectivity index (χ1) is 17.7. The molecule has 3 rings (SSSR count). The number of aryl methyl sites for hydroxylation is 1. The second-order valence-corrected chi connectivity index (χ2v) is 9.38. The number of amides is 2. The van der Waals surface area contributed by atoms with Gasteiger partial charge in [-0.25, -0.2) is 0 Å². The predicted octanol–water partition coefficient (Wildman–Crippen LogP) is 2.05. The zero-order chi connectivity index (χ0) is 27.1. The van der Waals surface area contributed by atoms with Gasteiger partial charge in [0.1, 0.15) is 0 Å². The van der Waals surface area contributed by atoms with Crippen molar-refractivity contribution in [1.29, 1.82) is 5.41 Å². The normalized spacial score (nSPS) is 14.8. The Bertz CT molecular complexity index is 1190. The average Bonchev–Trinajstić information content (AvgIpc) is 3.15. The van der Waals surface area contributed by atoms with Crippen LogP contribution in [0.1, 0.15) is 42.7 Å². The molecule has 2 heterocycles. The molecule has 0 radical (unpaired) electrons. The number of guanidine groups is 1. The smallest absolute Gasteiger partial charge is 0.232 e. The second kappa shape index (κ2) is 12.5. The summed E-state index contributed by atoms with van der Waals surface area (Å²) in [5, 5.41) is 15.2. The zero-order valence-electron chi connectivity index (χ0n) is 22.6. The number of fused-ring (bicyclic) bond motifs is 1. The standard InChI is InChI=1S/C27H39N7O3/c1-6-11-34(23(19(2)29-4)16-25(37)30-18-35)27(28)33-14-12-32(13-15-33)17-24(36)26-20(3)31(5)22-10-8-7-9-21(22)26/h7-10,18,28-29H,6,11-17H2,1-5H3,(H,30,35,37)/b23-19+,28-27?. The summed E-state index contributed by atoms with van der Waals surface area (Å²) in [6.45, 7) is 9.31. The number of piperazine rings is 1. The van der Waals surface area contributed by atoms with Gasteiger partial charge >= 0.3 is 0 Å². The number of hydrogen-bond donors (Lipinski definition) is 3. The van der Waals surface area contributed by atoms with Crippen molar-refractivity contribution in [1.82, 2.24) is 29.9 Å². The van der Waals surface area contributed by atoms with Crippen LogP contribution < -0.4 is 10.6 Å². The van der Waals surface area contributed by atoms with Gasteiger partial charge in [0.25, 0.3) is 0 Å². The Morgan fingerprint density at radius 3 is 2.46 bits per heavy atom. The molecular weight excluding hydrogens is 470 g/mol. The van der Waals surface area contributed by atoms with E-state index in [9.17, 15) is 14.4 Å². The average molecular weight is 510 g/mol. The maximum Gasteiger partial charge on any atom is 0.232 e. The zero-order valence-corrected chi connectivity index (χ0v) is 22.6. The van der Waals surface area contributed by atoms with Crippen molar-refractivity contribution in [2.45, 2.75) is 33.6 Å². The highest BCUT2D eigenvalue weighted by molar-refractivity contribution is 6.10. The third-order valence-corrected chi connectivity index (χ3v) is 7.10. The molecule has 2 aromatic rings. The number of allylic oxidation sites excluding steroid dienone is 1. The summed E-state index contributed by atoms with van der Waals surface area (Å²) in [5.74, 6) is 0.0169. The van der Waals surface area contributed by atoms with Gasteiger partial charge < -0.3 is 19.7 Å². The number of carbonyl (C=O) groups is 3. The summed E-state index contributed by atoms with van der Waals surface area (Å²) in [7, 11) is 3.76. The van der Waals surface area contributed by atoms with E-state index in [4.69, 9.17) is 5.41 Å². The molecular formula is C27H39N7O3. The molecule has 0 atom stereocenters. The fourth-order valence-electron chi connectivity index (χ4n) is 4.88. The van der Waals surface area contributed by atoms with Crippen LogP contribution in [0.2, 0.25) is 0 Å². The summed E-state index contributed by atoms with van der Waals surface area (Å²) in [4.78, 5) is 42.2. The molecule has 10 nitrogen and oxygen atoms in total. The summed E-state index contributed by atoms with van der Waals surface area (Å²) in [6.07, 6.45) is 1.16. The first kappa shape index (κ1) is 27.9. The van der Waals surface area contributed by atoms with Crippen LogP contribution in [0.5, 0.6) is 0 Å². The van der Waals surface area contributed by atoms with E-state index in [1.165, 1.54) is 0 Å².